The van der Waals surface area contributed by atoms with Gasteiger partial charge in [0.05, 0.1) is 18.9 Å². The second-order valence-electron chi connectivity index (χ2n) is 4.66. The number of nitrogens with two attached hydrogens (primary N) is 1. The number of amides is 1. The van der Waals surface area contributed by atoms with Crippen LogP contribution in [0.4, 0.5) is 5.82 Å². The normalized spacial score (nSPS) is 11.9. The van der Waals surface area contributed by atoms with Gasteiger partial charge in [-0.2, -0.15) is 0 Å². The van der Waals surface area contributed by atoms with Crippen molar-refractivity contribution >= 4 is 45.2 Å². The van der Waals surface area contributed by atoms with Gasteiger partial charge in [0.2, 0.25) is 5.91 Å². The van der Waals surface area contributed by atoms with Crippen LogP contribution in [0.3, 0.4) is 0 Å². The number of aliphatic carboxylic acids is 1. The maximum absolute atomic E-state index is 11.8. The number of methoxy groups -OCH3 is 1. The van der Waals surface area contributed by atoms with Crippen molar-refractivity contribution in [2.24, 2.45) is 5.73 Å². The molecule has 0 fully saturated rings. The molecule has 2 heterocycles. The summed E-state index contributed by atoms with van der Waals surface area (Å²) in [5.41, 5.74) is 5.63. The maximum Gasteiger partial charge on any atom is 0.348 e. The zero-order valence-electron chi connectivity index (χ0n) is 12.3. The number of primary amides is 1. The van der Waals surface area contributed by atoms with Gasteiger partial charge in [0.15, 0.2) is 0 Å². The molecule has 122 valence electrons. The minimum absolute atomic E-state index is 0.215. The lowest BCUT2D eigenvalue weighted by Crippen LogP contribution is -2.34. The van der Waals surface area contributed by atoms with Gasteiger partial charge in [0.25, 0.3) is 0 Å². The number of aryl methyl sites for hydroxylation is 1. The van der Waals surface area contributed by atoms with Gasteiger partial charge in [-0.15, -0.1) is 11.3 Å². The Kier molecular flexibility index (Phi) is 4.74. The second kappa shape index (κ2) is 6.57. The number of carboxylic acid groups (broad SMARTS) is 1. The van der Waals surface area contributed by atoms with Crippen molar-refractivity contribution in [2.75, 3.05) is 12.4 Å². The third-order valence-corrected chi connectivity index (χ3v) is 4.29. The van der Waals surface area contributed by atoms with E-state index in [1.54, 1.807) is 6.92 Å². The highest BCUT2D eigenvalue weighted by Crippen LogP contribution is 2.33. The zero-order chi connectivity index (χ0) is 17.1. The molecule has 0 bridgehead atoms. The molecule has 0 aliphatic rings. The number of fused-ring (bicyclic) bond motifs is 1. The Bertz CT molecular complexity index is 788. The first-order valence-electron chi connectivity index (χ1n) is 6.45. The van der Waals surface area contributed by atoms with Gasteiger partial charge in [-0.05, 0) is 12.5 Å². The summed E-state index contributed by atoms with van der Waals surface area (Å²) in [6, 6.07) is -1.23. The Hall–Kier alpha value is -2.75. The molecule has 4 N–H and O–H groups in total. The van der Waals surface area contributed by atoms with Crippen LogP contribution in [-0.2, 0) is 14.3 Å². The third kappa shape index (κ3) is 3.37. The number of hydrogen-bond acceptors (Lipinski definition) is 8. The molecule has 1 amide bonds. The van der Waals surface area contributed by atoms with Crippen LogP contribution in [0.5, 0.6) is 0 Å². The molecule has 10 heteroatoms. The van der Waals surface area contributed by atoms with E-state index in [1.807, 2.05) is 0 Å². The van der Waals surface area contributed by atoms with Crippen molar-refractivity contribution < 1.29 is 24.2 Å². The zero-order valence-corrected chi connectivity index (χ0v) is 13.1. The fraction of sp³-hybridized carbons (Fsp3) is 0.308. The van der Waals surface area contributed by atoms with E-state index in [9.17, 15) is 19.5 Å². The summed E-state index contributed by atoms with van der Waals surface area (Å²) in [5.74, 6) is -2.29. The van der Waals surface area contributed by atoms with Gasteiger partial charge in [0, 0.05) is 0 Å². The Labute approximate surface area is 134 Å². The number of nitrogens with zero attached hydrogens (tertiary/aromatic N) is 2. The van der Waals surface area contributed by atoms with Crippen LogP contribution in [0.15, 0.2) is 6.33 Å². The number of rotatable bonds is 6. The molecule has 2 aromatic heterocycles. The third-order valence-electron chi connectivity index (χ3n) is 3.11. The minimum Gasteiger partial charge on any atom is -0.480 e. The van der Waals surface area contributed by atoms with E-state index in [-0.39, 0.29) is 5.82 Å². The molecule has 0 aromatic carbocycles. The molecule has 2 aromatic rings. The van der Waals surface area contributed by atoms with Gasteiger partial charge in [0.1, 0.15) is 27.9 Å². The number of nitrogens with one attached hydrogen (secondary N) is 1. The Morgan fingerprint density at radius 3 is 2.70 bits per heavy atom. The van der Waals surface area contributed by atoms with E-state index in [0.29, 0.717) is 20.7 Å². The molecule has 1 atom stereocenters. The molecule has 0 aliphatic heterocycles. The minimum atomic E-state index is -1.24. The highest BCUT2D eigenvalue weighted by molar-refractivity contribution is 7.20. The molecular formula is C13H14N4O5S. The van der Waals surface area contributed by atoms with Crippen LogP contribution in [0.2, 0.25) is 0 Å². The Balaban J connectivity index is 2.48. The van der Waals surface area contributed by atoms with Crippen molar-refractivity contribution in [1.82, 2.24) is 9.97 Å². The number of esters is 1. The van der Waals surface area contributed by atoms with Crippen molar-refractivity contribution in [3.8, 4) is 0 Å². The van der Waals surface area contributed by atoms with Crippen molar-refractivity contribution in [3.63, 3.8) is 0 Å². The van der Waals surface area contributed by atoms with Gasteiger partial charge >= 0.3 is 11.9 Å². The van der Waals surface area contributed by atoms with E-state index < -0.39 is 30.3 Å². The smallest absolute Gasteiger partial charge is 0.348 e. The van der Waals surface area contributed by atoms with Gasteiger partial charge in [-0.3, -0.25) is 4.79 Å². The number of thiophene rings is 1. The van der Waals surface area contributed by atoms with Crippen molar-refractivity contribution in [1.29, 1.82) is 0 Å². The number of aromatic nitrogens is 2. The molecule has 0 saturated carbocycles. The molecule has 23 heavy (non-hydrogen) atoms. The number of hydrogen-bond donors (Lipinski definition) is 3. The first kappa shape index (κ1) is 16.6. The molecule has 0 aliphatic carbocycles. The van der Waals surface area contributed by atoms with Crippen LogP contribution in [-0.4, -0.2) is 46.1 Å². The van der Waals surface area contributed by atoms with Crippen molar-refractivity contribution in [3.05, 3.63) is 16.8 Å². The van der Waals surface area contributed by atoms with Crippen LogP contribution in [0.25, 0.3) is 10.2 Å². The first-order chi connectivity index (χ1) is 10.8. The second-order valence-corrected chi connectivity index (χ2v) is 5.65. The number of ether oxygens (including phenoxy) is 1. The summed E-state index contributed by atoms with van der Waals surface area (Å²) < 4.78 is 4.71. The quantitative estimate of drug-likeness (QED) is 0.647. The predicted molar refractivity (Wildman–Crippen MR) is 82.3 cm³/mol. The fourth-order valence-corrected chi connectivity index (χ4v) is 3.10. The molecular weight excluding hydrogens is 324 g/mol. The van der Waals surface area contributed by atoms with Crippen LogP contribution >= 0.6 is 11.3 Å². The van der Waals surface area contributed by atoms with Crippen LogP contribution in [0.1, 0.15) is 21.7 Å². The summed E-state index contributed by atoms with van der Waals surface area (Å²) in [6.45, 7) is 1.68. The summed E-state index contributed by atoms with van der Waals surface area (Å²) in [4.78, 5) is 42.9. The Morgan fingerprint density at radius 2 is 2.13 bits per heavy atom. The van der Waals surface area contributed by atoms with E-state index in [0.717, 1.165) is 11.3 Å². The SMILES string of the molecule is COC(=O)c1sc2ncnc(NC(CC(N)=O)C(=O)O)c2c1C. The van der Waals surface area contributed by atoms with Crippen molar-refractivity contribution in [2.45, 2.75) is 19.4 Å². The number of carboxylic acids is 1. The lowest BCUT2D eigenvalue weighted by atomic mass is 10.1. The molecule has 2 rings (SSSR count). The van der Waals surface area contributed by atoms with Crippen LogP contribution in [0, 0.1) is 6.92 Å². The monoisotopic (exact) mass is 338 g/mol. The lowest BCUT2D eigenvalue weighted by molar-refractivity contribution is -0.139. The van der Waals surface area contributed by atoms with E-state index in [4.69, 9.17) is 10.5 Å². The molecule has 1 unspecified atom stereocenters. The average Bonchev–Trinajstić information content (AvgIpc) is 2.83. The van der Waals surface area contributed by atoms with Crippen LogP contribution < -0.4 is 11.1 Å². The van der Waals surface area contributed by atoms with Gasteiger partial charge < -0.3 is 20.9 Å². The highest BCUT2D eigenvalue weighted by Gasteiger charge is 2.24. The van der Waals surface area contributed by atoms with E-state index >= 15 is 0 Å². The lowest BCUT2D eigenvalue weighted by Gasteiger charge is -2.14. The van der Waals surface area contributed by atoms with Gasteiger partial charge in [-0.25, -0.2) is 19.6 Å². The van der Waals surface area contributed by atoms with E-state index in [1.165, 1.54) is 13.4 Å². The molecule has 0 spiro atoms. The number of anilines is 1. The highest BCUT2D eigenvalue weighted by atomic mass is 32.1. The van der Waals surface area contributed by atoms with E-state index in [2.05, 4.69) is 15.3 Å². The summed E-state index contributed by atoms with van der Waals surface area (Å²) in [5, 5.41) is 12.3. The largest absolute Gasteiger partial charge is 0.480 e. The summed E-state index contributed by atoms with van der Waals surface area (Å²) in [6.07, 6.45) is 0.846. The standard InChI is InChI=1S/C13H14N4O5S/c1-5-8-10(17-6(12(19)20)3-7(14)18)15-4-16-11(8)23-9(5)13(21)22-2/h4,6H,3H2,1-2H3,(H2,14,18)(H,19,20)(H,15,16,17). The summed E-state index contributed by atoms with van der Waals surface area (Å²) >= 11 is 1.12. The summed E-state index contributed by atoms with van der Waals surface area (Å²) in [7, 11) is 1.27. The Morgan fingerprint density at radius 1 is 1.43 bits per heavy atom. The maximum atomic E-state index is 11.8. The molecule has 0 radical (unpaired) electrons. The number of carbonyl (C=O) groups is 3. The van der Waals surface area contributed by atoms with Gasteiger partial charge in [-0.1, -0.05) is 0 Å². The topological polar surface area (TPSA) is 144 Å². The molecule has 0 saturated heterocycles. The fourth-order valence-electron chi connectivity index (χ4n) is 2.03. The average molecular weight is 338 g/mol. The predicted octanol–water partition coefficient (Wildman–Crippen LogP) is 0.527. The molecule has 9 nitrogen and oxygen atoms in total. The number of carbonyl (C=O) groups excluding carboxylic acids is 2. The first-order valence-corrected chi connectivity index (χ1v) is 7.26.